The number of benzene rings is 2. The number of amides is 1. The fourth-order valence-electron chi connectivity index (χ4n) is 2.47. The van der Waals surface area contributed by atoms with Crippen LogP contribution in [-0.4, -0.2) is 5.91 Å². The summed E-state index contributed by atoms with van der Waals surface area (Å²) in [6.07, 6.45) is 2.46. The number of carbonyl (C=O) groups is 1. The van der Waals surface area contributed by atoms with Gasteiger partial charge in [0.05, 0.1) is 0 Å². The van der Waals surface area contributed by atoms with E-state index < -0.39 is 11.9 Å². The second kappa shape index (κ2) is 5.78. The molecule has 0 radical (unpaired) electrons. The lowest BCUT2D eigenvalue weighted by Crippen LogP contribution is -2.27. The summed E-state index contributed by atoms with van der Waals surface area (Å²) in [6.45, 7) is 0. The van der Waals surface area contributed by atoms with Crippen LogP contribution in [0.25, 0.3) is 0 Å². The second-order valence-electron chi connectivity index (χ2n) is 5.43. The Bertz CT molecular complexity index is 667. The van der Waals surface area contributed by atoms with E-state index in [4.69, 9.17) is 17.3 Å². The van der Waals surface area contributed by atoms with E-state index in [0.29, 0.717) is 10.9 Å². The molecule has 1 atom stereocenters. The minimum Gasteiger partial charge on any atom is -0.370 e. The van der Waals surface area contributed by atoms with Gasteiger partial charge in [-0.25, -0.2) is 0 Å². The summed E-state index contributed by atoms with van der Waals surface area (Å²) in [6, 6.07) is 14.8. The highest BCUT2D eigenvalue weighted by Crippen LogP contribution is 2.40. The molecule has 3 nitrogen and oxygen atoms in total. The third-order valence-corrected chi connectivity index (χ3v) is 3.95. The van der Waals surface area contributed by atoms with Crippen LogP contribution >= 0.6 is 11.6 Å². The third-order valence-electron chi connectivity index (χ3n) is 3.71. The zero-order chi connectivity index (χ0) is 14.8. The molecule has 1 fully saturated rings. The van der Waals surface area contributed by atoms with E-state index in [0.717, 1.165) is 11.3 Å². The first-order valence-electron chi connectivity index (χ1n) is 7.05. The topological polar surface area (TPSA) is 55.1 Å². The molecule has 0 saturated heterocycles. The minimum atomic E-state index is -0.554. The summed E-state index contributed by atoms with van der Waals surface area (Å²) in [5, 5.41) is 3.78. The standard InChI is InChI=1S/C17H17ClN2O/c18-14-5-2-6-15(10-14)20-16(17(19)21)13-4-1-3-12(9-13)11-7-8-11/h1-6,9-11,16,20H,7-8H2,(H2,19,21). The zero-order valence-electron chi connectivity index (χ0n) is 11.6. The quantitative estimate of drug-likeness (QED) is 0.881. The van der Waals surface area contributed by atoms with Gasteiger partial charge in [0.1, 0.15) is 6.04 Å². The number of halogens is 1. The molecule has 0 bridgehead atoms. The Morgan fingerprint density at radius 2 is 1.95 bits per heavy atom. The van der Waals surface area contributed by atoms with Gasteiger partial charge >= 0.3 is 0 Å². The molecule has 1 unspecified atom stereocenters. The van der Waals surface area contributed by atoms with Crippen LogP contribution in [0.15, 0.2) is 48.5 Å². The summed E-state index contributed by atoms with van der Waals surface area (Å²) >= 11 is 5.97. The van der Waals surface area contributed by atoms with Crippen molar-refractivity contribution in [2.24, 2.45) is 5.73 Å². The molecule has 0 aromatic heterocycles. The molecule has 108 valence electrons. The lowest BCUT2D eigenvalue weighted by atomic mass is 10.0. The van der Waals surface area contributed by atoms with Crippen LogP contribution in [0.2, 0.25) is 5.02 Å². The van der Waals surface area contributed by atoms with E-state index in [1.807, 2.05) is 24.3 Å². The third kappa shape index (κ3) is 3.37. The van der Waals surface area contributed by atoms with Gasteiger partial charge in [0.2, 0.25) is 5.91 Å². The summed E-state index contributed by atoms with van der Waals surface area (Å²) in [4.78, 5) is 11.8. The van der Waals surface area contributed by atoms with Gasteiger partial charge in [0.15, 0.2) is 0 Å². The van der Waals surface area contributed by atoms with Crippen LogP contribution in [0.4, 0.5) is 5.69 Å². The number of carbonyl (C=O) groups excluding carboxylic acids is 1. The Labute approximate surface area is 129 Å². The molecule has 0 spiro atoms. The summed E-state index contributed by atoms with van der Waals surface area (Å²) < 4.78 is 0. The van der Waals surface area contributed by atoms with Crippen molar-refractivity contribution >= 4 is 23.2 Å². The van der Waals surface area contributed by atoms with Gasteiger partial charge in [-0.1, -0.05) is 41.9 Å². The smallest absolute Gasteiger partial charge is 0.244 e. The molecule has 2 aromatic rings. The van der Waals surface area contributed by atoms with Crippen molar-refractivity contribution in [3.63, 3.8) is 0 Å². The van der Waals surface area contributed by atoms with Crippen LogP contribution in [0.1, 0.15) is 35.9 Å². The highest BCUT2D eigenvalue weighted by atomic mass is 35.5. The second-order valence-corrected chi connectivity index (χ2v) is 5.87. The molecular formula is C17H17ClN2O. The summed E-state index contributed by atoms with van der Waals surface area (Å²) in [5.41, 5.74) is 8.52. The molecule has 3 rings (SSSR count). The van der Waals surface area contributed by atoms with E-state index in [9.17, 15) is 4.79 Å². The molecule has 0 aliphatic heterocycles. The summed E-state index contributed by atoms with van der Waals surface area (Å²) in [7, 11) is 0. The van der Waals surface area contributed by atoms with Crippen molar-refractivity contribution in [3.05, 3.63) is 64.7 Å². The average molecular weight is 301 g/mol. The number of nitrogens with one attached hydrogen (secondary N) is 1. The number of hydrogen-bond acceptors (Lipinski definition) is 2. The van der Waals surface area contributed by atoms with Crippen LogP contribution in [0.5, 0.6) is 0 Å². The first-order chi connectivity index (χ1) is 10.1. The monoisotopic (exact) mass is 300 g/mol. The van der Waals surface area contributed by atoms with Crippen molar-refractivity contribution < 1.29 is 4.79 Å². The van der Waals surface area contributed by atoms with Crippen molar-refractivity contribution in [1.82, 2.24) is 0 Å². The fraction of sp³-hybridized carbons (Fsp3) is 0.235. The maximum atomic E-state index is 11.8. The van der Waals surface area contributed by atoms with E-state index in [1.165, 1.54) is 18.4 Å². The maximum Gasteiger partial charge on any atom is 0.244 e. The van der Waals surface area contributed by atoms with Crippen molar-refractivity contribution in [2.45, 2.75) is 24.8 Å². The fourth-order valence-corrected chi connectivity index (χ4v) is 2.66. The van der Waals surface area contributed by atoms with Gasteiger partial charge in [-0.3, -0.25) is 4.79 Å². The SMILES string of the molecule is NC(=O)C(Nc1cccc(Cl)c1)c1cccc(C2CC2)c1. The Balaban J connectivity index is 1.87. The molecular weight excluding hydrogens is 284 g/mol. The maximum absolute atomic E-state index is 11.8. The lowest BCUT2D eigenvalue weighted by Gasteiger charge is -2.18. The van der Waals surface area contributed by atoms with E-state index in [1.54, 1.807) is 12.1 Å². The Hall–Kier alpha value is -2.00. The van der Waals surface area contributed by atoms with E-state index in [-0.39, 0.29) is 0 Å². The van der Waals surface area contributed by atoms with Crippen molar-refractivity contribution in [1.29, 1.82) is 0 Å². The molecule has 21 heavy (non-hydrogen) atoms. The predicted molar refractivity (Wildman–Crippen MR) is 85.4 cm³/mol. The van der Waals surface area contributed by atoms with Gasteiger partial charge in [0.25, 0.3) is 0 Å². The van der Waals surface area contributed by atoms with Crippen LogP contribution in [0, 0.1) is 0 Å². The molecule has 2 aromatic carbocycles. The number of primary amides is 1. The molecule has 1 saturated carbocycles. The largest absolute Gasteiger partial charge is 0.370 e. The van der Waals surface area contributed by atoms with E-state index >= 15 is 0 Å². The van der Waals surface area contributed by atoms with Crippen molar-refractivity contribution in [3.8, 4) is 0 Å². The van der Waals surface area contributed by atoms with Crippen LogP contribution in [-0.2, 0) is 4.79 Å². The predicted octanol–water partition coefficient (Wildman–Crippen LogP) is 3.86. The number of hydrogen-bond donors (Lipinski definition) is 2. The molecule has 1 amide bonds. The highest BCUT2D eigenvalue weighted by molar-refractivity contribution is 6.30. The first-order valence-corrected chi connectivity index (χ1v) is 7.42. The van der Waals surface area contributed by atoms with Crippen LogP contribution < -0.4 is 11.1 Å². The van der Waals surface area contributed by atoms with Crippen LogP contribution in [0.3, 0.4) is 0 Å². The minimum absolute atomic E-state index is 0.400. The lowest BCUT2D eigenvalue weighted by molar-refractivity contribution is -0.118. The van der Waals surface area contributed by atoms with Gasteiger partial charge in [-0.2, -0.15) is 0 Å². The first kappa shape index (κ1) is 14.0. The molecule has 1 aliphatic carbocycles. The molecule has 4 heteroatoms. The number of anilines is 1. The molecule has 1 aliphatic rings. The van der Waals surface area contributed by atoms with Gasteiger partial charge in [-0.15, -0.1) is 0 Å². The average Bonchev–Trinajstić information content (AvgIpc) is 3.29. The molecule has 3 N–H and O–H groups in total. The van der Waals surface area contributed by atoms with Gasteiger partial charge < -0.3 is 11.1 Å². The van der Waals surface area contributed by atoms with Crippen molar-refractivity contribution in [2.75, 3.05) is 5.32 Å². The Morgan fingerprint density at radius 1 is 1.19 bits per heavy atom. The molecule has 0 heterocycles. The Morgan fingerprint density at radius 3 is 2.62 bits per heavy atom. The Kier molecular flexibility index (Phi) is 3.84. The summed E-state index contributed by atoms with van der Waals surface area (Å²) in [5.74, 6) is 0.243. The number of nitrogens with two attached hydrogens (primary N) is 1. The highest BCUT2D eigenvalue weighted by Gasteiger charge is 2.25. The van der Waals surface area contributed by atoms with Gasteiger partial charge in [0, 0.05) is 10.7 Å². The normalized spacial score (nSPS) is 15.5. The van der Waals surface area contributed by atoms with Gasteiger partial charge in [-0.05, 0) is 48.1 Å². The van der Waals surface area contributed by atoms with E-state index in [2.05, 4.69) is 17.4 Å². The zero-order valence-corrected chi connectivity index (χ0v) is 12.3. The number of rotatable bonds is 5.